The first kappa shape index (κ1) is 39.8. The second-order valence-corrected chi connectivity index (χ2v) is 14.9. The van der Waals surface area contributed by atoms with E-state index in [1.807, 2.05) is 12.1 Å². The molecule has 5 aromatic rings. The molecule has 0 radical (unpaired) electrons. The van der Waals surface area contributed by atoms with Crippen molar-refractivity contribution in [3.63, 3.8) is 0 Å². The predicted molar refractivity (Wildman–Crippen MR) is 189 cm³/mol. The van der Waals surface area contributed by atoms with Crippen LogP contribution >= 0.6 is 6.72 Å². The van der Waals surface area contributed by atoms with Gasteiger partial charge in [-0.3, -0.25) is 14.3 Å². The minimum absolute atomic E-state index is 0.131. The molecule has 0 amide bonds. The minimum atomic E-state index is -5.17. The summed E-state index contributed by atoms with van der Waals surface area (Å²) in [6, 6.07) is 23.0. The molecule has 1 N–H and O–H groups in total. The van der Waals surface area contributed by atoms with Crippen LogP contribution in [0.2, 0.25) is 0 Å². The molecular weight excluding hydrogens is 774 g/mol. The number of nitrogens with zero attached hydrogens (tertiary/aromatic N) is 1. The van der Waals surface area contributed by atoms with E-state index >= 15 is 0 Å². The average molecular weight is 806 g/mol. The first-order valence-corrected chi connectivity index (χ1v) is 18.9. The third-order valence-electron chi connectivity index (χ3n) is 8.91. The molecule has 1 aliphatic rings. The fourth-order valence-electron chi connectivity index (χ4n) is 6.18. The number of aryl methyl sites for hydroxylation is 1. The van der Waals surface area contributed by atoms with Gasteiger partial charge >= 0.3 is 5.69 Å². The highest BCUT2D eigenvalue weighted by Crippen LogP contribution is 2.49. The highest BCUT2D eigenvalue weighted by atomic mass is 32.5. The van der Waals surface area contributed by atoms with Crippen LogP contribution in [0.4, 0.5) is 22.0 Å². The molecule has 4 aromatic carbocycles. The maximum atomic E-state index is 14.6. The topological polar surface area (TPSA) is 133 Å². The van der Waals surface area contributed by atoms with Crippen molar-refractivity contribution in [1.82, 2.24) is 9.55 Å². The number of ether oxygens (including phenoxy) is 4. The van der Waals surface area contributed by atoms with Gasteiger partial charge in [-0.15, -0.1) is 0 Å². The highest BCUT2D eigenvalue weighted by molar-refractivity contribution is 8.06. The molecular formula is C37H31F5N2O9PS-. The lowest BCUT2D eigenvalue weighted by molar-refractivity contribution is -0.206. The summed E-state index contributed by atoms with van der Waals surface area (Å²) in [6.07, 6.45) is -3.13. The second-order valence-electron chi connectivity index (χ2n) is 12.2. The Balaban J connectivity index is 1.42. The Hall–Kier alpha value is -4.90. The SMILES string of the molecule is COc1ccc(C(OC[C@H]2O[C@@H](n3cc(C)c(=O)[nH]c3=O)C[C@@H]2OP([O-])(=S)Oc2c(F)c(F)c(F)c(F)c2F)(c2ccccc2)c2ccc(OC)cc2)cc1. The summed E-state index contributed by atoms with van der Waals surface area (Å²) < 4.78 is 106. The number of aromatic amines is 1. The zero-order chi connectivity index (χ0) is 39.7. The van der Waals surface area contributed by atoms with E-state index in [0.717, 1.165) is 4.57 Å². The molecule has 1 unspecified atom stereocenters. The third kappa shape index (κ3) is 7.94. The molecule has 0 spiro atoms. The summed E-state index contributed by atoms with van der Waals surface area (Å²) in [5, 5.41) is 0. The van der Waals surface area contributed by atoms with E-state index in [-0.39, 0.29) is 12.0 Å². The summed E-state index contributed by atoms with van der Waals surface area (Å²) >= 11 is 4.91. The van der Waals surface area contributed by atoms with Gasteiger partial charge in [-0.1, -0.05) is 54.6 Å². The Labute approximate surface area is 315 Å². The Morgan fingerprint density at radius 1 is 0.836 bits per heavy atom. The fourth-order valence-corrected chi connectivity index (χ4v) is 7.71. The van der Waals surface area contributed by atoms with Gasteiger partial charge in [-0.2, -0.15) is 8.78 Å². The molecule has 11 nitrogen and oxygen atoms in total. The van der Waals surface area contributed by atoms with Crippen LogP contribution in [0.5, 0.6) is 17.2 Å². The third-order valence-corrected chi connectivity index (χ3v) is 10.3. The number of hydrogen-bond donors (Lipinski definition) is 1. The van der Waals surface area contributed by atoms with Gasteiger partial charge in [0.25, 0.3) is 5.56 Å². The first-order valence-electron chi connectivity index (χ1n) is 16.4. The molecule has 2 heterocycles. The van der Waals surface area contributed by atoms with Gasteiger partial charge < -0.3 is 32.9 Å². The first-order chi connectivity index (χ1) is 26.2. The van der Waals surface area contributed by atoms with Crippen molar-refractivity contribution in [1.29, 1.82) is 0 Å². The lowest BCUT2D eigenvalue weighted by atomic mass is 9.80. The van der Waals surface area contributed by atoms with Crippen molar-refractivity contribution in [2.75, 3.05) is 20.8 Å². The zero-order valence-corrected chi connectivity index (χ0v) is 30.8. The quantitative estimate of drug-likeness (QED) is 0.0504. The van der Waals surface area contributed by atoms with Crippen LogP contribution < -0.4 is 30.1 Å². The predicted octanol–water partition coefficient (Wildman–Crippen LogP) is 5.90. The van der Waals surface area contributed by atoms with E-state index in [9.17, 15) is 36.4 Å². The lowest BCUT2D eigenvalue weighted by Crippen LogP contribution is -2.39. The number of aromatic nitrogens is 2. The Kier molecular flexibility index (Phi) is 11.6. The van der Waals surface area contributed by atoms with Gasteiger partial charge in [0.1, 0.15) is 29.4 Å². The summed E-state index contributed by atoms with van der Waals surface area (Å²) in [7, 11) is 3.02. The van der Waals surface area contributed by atoms with Crippen LogP contribution in [0.1, 0.15) is 34.9 Å². The van der Waals surface area contributed by atoms with E-state index in [2.05, 4.69) is 4.98 Å². The molecule has 6 rings (SSSR count). The van der Waals surface area contributed by atoms with Crippen molar-refractivity contribution < 1.29 is 54.8 Å². The largest absolute Gasteiger partial charge is 0.770 e. The second kappa shape index (κ2) is 16.1. The maximum absolute atomic E-state index is 14.6. The standard InChI is InChI=1S/C37H32F5N2O9PS/c1-20-18-44(36(46)43-35(20)45)28-17-26(52-54(47,55)53-34-32(41)30(39)29(38)31(40)33(34)42)27(51-28)19-50-37(21-7-5-4-6-8-21,22-9-13-24(48-2)14-10-22)23-11-15-25(49-3)16-12-23/h4-16,18,26-28H,17,19H2,1-3H3,(H,47,55)(H,43,45,46)/p-1/t26-,27+,28+,54?/m0/s1. The summed E-state index contributed by atoms with van der Waals surface area (Å²) in [4.78, 5) is 40.8. The van der Waals surface area contributed by atoms with Crippen LogP contribution in [0.15, 0.2) is 94.6 Å². The van der Waals surface area contributed by atoms with Crippen molar-refractivity contribution in [3.8, 4) is 17.2 Å². The van der Waals surface area contributed by atoms with Crippen LogP contribution in [0.3, 0.4) is 0 Å². The lowest BCUT2D eigenvalue weighted by Gasteiger charge is -2.38. The van der Waals surface area contributed by atoms with Gasteiger partial charge in [0.15, 0.2) is 6.72 Å². The molecule has 1 aromatic heterocycles. The Morgan fingerprint density at radius 3 is 1.87 bits per heavy atom. The number of hydrogen-bond acceptors (Lipinski definition) is 10. The minimum Gasteiger partial charge on any atom is -0.770 e. The number of methoxy groups -OCH3 is 2. The van der Waals surface area contributed by atoms with E-state index in [1.54, 1.807) is 66.7 Å². The van der Waals surface area contributed by atoms with Crippen molar-refractivity contribution in [2.24, 2.45) is 0 Å². The molecule has 18 heteroatoms. The van der Waals surface area contributed by atoms with Crippen molar-refractivity contribution in [3.05, 3.63) is 157 Å². The van der Waals surface area contributed by atoms with E-state index in [1.165, 1.54) is 27.3 Å². The normalized spacial score (nSPS) is 18.2. The molecule has 4 atom stereocenters. The van der Waals surface area contributed by atoms with Gasteiger partial charge in [0.2, 0.25) is 34.8 Å². The van der Waals surface area contributed by atoms with Crippen molar-refractivity contribution >= 4 is 18.5 Å². The molecule has 0 aliphatic carbocycles. The Morgan fingerprint density at radius 2 is 1.35 bits per heavy atom. The van der Waals surface area contributed by atoms with Crippen molar-refractivity contribution in [2.45, 2.75) is 37.4 Å². The fraction of sp³-hybridized carbons (Fsp3) is 0.243. The van der Waals surface area contributed by atoms with Gasteiger partial charge in [-0.25, -0.2) is 18.0 Å². The van der Waals surface area contributed by atoms with E-state index in [0.29, 0.717) is 28.2 Å². The smallest absolute Gasteiger partial charge is 0.330 e. The van der Waals surface area contributed by atoms with Crippen LogP contribution in [-0.4, -0.2) is 42.6 Å². The average Bonchev–Trinajstić information content (AvgIpc) is 3.58. The number of benzene rings is 4. The molecule has 0 bridgehead atoms. The summed E-state index contributed by atoms with van der Waals surface area (Å²) in [6.45, 7) is -4.17. The molecule has 0 saturated carbocycles. The van der Waals surface area contributed by atoms with Crippen LogP contribution in [0.25, 0.3) is 0 Å². The van der Waals surface area contributed by atoms with E-state index in [4.69, 9.17) is 39.8 Å². The van der Waals surface area contributed by atoms with Gasteiger partial charge in [0, 0.05) is 18.2 Å². The number of rotatable bonds is 13. The van der Waals surface area contributed by atoms with Gasteiger partial charge in [0.05, 0.1) is 26.9 Å². The number of H-pyrrole nitrogens is 1. The number of halogens is 5. The molecule has 1 aliphatic heterocycles. The van der Waals surface area contributed by atoms with E-state index < -0.39 is 83.4 Å². The summed E-state index contributed by atoms with van der Waals surface area (Å²) in [5.74, 6) is -12.8. The zero-order valence-electron chi connectivity index (χ0n) is 29.1. The molecule has 55 heavy (non-hydrogen) atoms. The molecule has 1 saturated heterocycles. The summed E-state index contributed by atoms with van der Waals surface area (Å²) in [5.41, 5.74) is -0.999. The monoisotopic (exact) mass is 805 g/mol. The van der Waals surface area contributed by atoms with Crippen LogP contribution in [-0.2, 0) is 31.4 Å². The number of nitrogens with one attached hydrogen (secondary N) is 1. The highest BCUT2D eigenvalue weighted by Gasteiger charge is 2.44. The Bertz CT molecular complexity index is 2270. The molecule has 290 valence electrons. The molecule has 1 fully saturated rings. The maximum Gasteiger partial charge on any atom is 0.330 e. The van der Waals surface area contributed by atoms with Crippen LogP contribution in [0, 0.1) is 36.0 Å². The van der Waals surface area contributed by atoms with Gasteiger partial charge in [-0.05, 0) is 59.7 Å².